The smallest absolute Gasteiger partial charge is 0.408 e. The molecule has 4 N–H and O–H groups in total. The Hall–Kier alpha value is -4.45. The van der Waals surface area contributed by atoms with E-state index >= 15 is 0 Å². The number of hydrogen-bond donors (Lipinski definition) is 4. The summed E-state index contributed by atoms with van der Waals surface area (Å²) >= 11 is 1.27. The minimum Gasteiger partial charge on any atom is -0.445 e. The molecule has 0 aliphatic heterocycles. The zero-order valence-corrected chi connectivity index (χ0v) is 25.6. The van der Waals surface area contributed by atoms with E-state index in [0.717, 1.165) is 11.1 Å². The molecule has 0 saturated heterocycles. The van der Waals surface area contributed by atoms with Gasteiger partial charge >= 0.3 is 12.2 Å². The van der Waals surface area contributed by atoms with Crippen LogP contribution in [0.3, 0.4) is 0 Å². The molecular formula is C31H39N5O6S. The monoisotopic (exact) mass is 609 g/mol. The first-order valence-electron chi connectivity index (χ1n) is 14.1. The van der Waals surface area contributed by atoms with Crippen molar-refractivity contribution >= 4 is 35.3 Å². The minimum absolute atomic E-state index is 0.0631. The lowest BCUT2D eigenvalue weighted by atomic mass is 10.0. The van der Waals surface area contributed by atoms with Gasteiger partial charge in [0.2, 0.25) is 0 Å². The maximum atomic E-state index is 12.8. The molecular weight excluding hydrogens is 570 g/mol. The number of rotatable bonds is 13. The van der Waals surface area contributed by atoms with Crippen molar-refractivity contribution in [1.29, 1.82) is 0 Å². The molecule has 11 nitrogen and oxygen atoms in total. The molecule has 2 aromatic carbocycles. The third kappa shape index (κ3) is 11.8. The lowest BCUT2D eigenvalue weighted by molar-refractivity contribution is -0.124. The number of hydrazine groups is 1. The first-order valence-corrected chi connectivity index (χ1v) is 15.0. The Balaban J connectivity index is 1.49. The van der Waals surface area contributed by atoms with E-state index in [4.69, 9.17) is 9.47 Å². The number of hydrogen-bond acceptors (Lipinski definition) is 8. The number of nitrogens with zero attached hydrogens (tertiary/aromatic N) is 1. The third-order valence-corrected chi connectivity index (χ3v) is 7.20. The molecule has 0 unspecified atom stereocenters. The molecule has 4 amide bonds. The van der Waals surface area contributed by atoms with Gasteiger partial charge in [-0.3, -0.25) is 20.4 Å². The number of carbonyl (C=O) groups excluding carboxylic acids is 4. The van der Waals surface area contributed by atoms with Crippen molar-refractivity contribution < 1.29 is 28.7 Å². The Morgan fingerprint density at radius 3 is 1.88 bits per heavy atom. The molecule has 43 heavy (non-hydrogen) atoms. The summed E-state index contributed by atoms with van der Waals surface area (Å²) in [5.74, 6) is -1.04. The van der Waals surface area contributed by atoms with Crippen molar-refractivity contribution in [2.24, 2.45) is 11.8 Å². The zero-order chi connectivity index (χ0) is 31.2. The Morgan fingerprint density at radius 2 is 1.35 bits per heavy atom. The predicted molar refractivity (Wildman–Crippen MR) is 163 cm³/mol. The Bertz CT molecular complexity index is 1330. The highest BCUT2D eigenvalue weighted by atomic mass is 32.1. The van der Waals surface area contributed by atoms with E-state index < -0.39 is 30.0 Å². The molecule has 12 heteroatoms. The van der Waals surface area contributed by atoms with Crippen LogP contribution in [0.1, 0.15) is 60.7 Å². The summed E-state index contributed by atoms with van der Waals surface area (Å²) in [6.07, 6.45) is -0.542. The van der Waals surface area contributed by atoms with E-state index in [9.17, 15) is 19.2 Å². The van der Waals surface area contributed by atoms with Gasteiger partial charge < -0.3 is 20.1 Å². The number of aromatic nitrogens is 1. The lowest BCUT2D eigenvalue weighted by Crippen LogP contribution is -2.52. The van der Waals surface area contributed by atoms with E-state index in [-0.39, 0.29) is 36.8 Å². The molecule has 230 valence electrons. The minimum atomic E-state index is -0.922. The average molecular weight is 610 g/mol. The van der Waals surface area contributed by atoms with Crippen LogP contribution in [-0.2, 0) is 33.9 Å². The van der Waals surface area contributed by atoms with Crippen molar-refractivity contribution in [2.75, 3.05) is 0 Å². The van der Waals surface area contributed by atoms with Crippen LogP contribution in [0.2, 0.25) is 0 Å². The SMILES string of the molecule is CC(C)C[C@H](NC(=O)OCc1ccccc1)C(=O)NNC(=O)c1csc(C[C@H](NC(=O)OCc2ccccc2)C(C)C)n1. The molecule has 0 radical (unpaired) electrons. The van der Waals surface area contributed by atoms with Crippen molar-refractivity contribution in [2.45, 2.75) is 65.8 Å². The topological polar surface area (TPSA) is 148 Å². The highest BCUT2D eigenvalue weighted by Gasteiger charge is 2.24. The first-order chi connectivity index (χ1) is 20.6. The fraction of sp³-hybridized carbons (Fsp3) is 0.387. The number of nitrogens with one attached hydrogen (secondary N) is 4. The zero-order valence-electron chi connectivity index (χ0n) is 24.8. The van der Waals surface area contributed by atoms with Crippen molar-refractivity contribution in [3.63, 3.8) is 0 Å². The van der Waals surface area contributed by atoms with E-state index in [1.165, 1.54) is 11.3 Å². The van der Waals surface area contributed by atoms with Crippen LogP contribution < -0.4 is 21.5 Å². The van der Waals surface area contributed by atoms with Gasteiger partial charge in [-0.2, -0.15) is 0 Å². The molecule has 1 aromatic heterocycles. The van der Waals surface area contributed by atoms with Crippen molar-refractivity contribution in [1.82, 2.24) is 26.5 Å². The molecule has 1 heterocycles. The summed E-state index contributed by atoms with van der Waals surface area (Å²) in [5.41, 5.74) is 6.55. The Morgan fingerprint density at radius 1 is 0.791 bits per heavy atom. The van der Waals surface area contributed by atoms with Crippen molar-refractivity contribution in [3.8, 4) is 0 Å². The van der Waals surface area contributed by atoms with E-state index in [1.807, 2.05) is 88.4 Å². The number of amides is 4. The van der Waals surface area contributed by atoms with Gasteiger partial charge in [0, 0.05) is 17.8 Å². The summed E-state index contributed by atoms with van der Waals surface area (Å²) in [6.45, 7) is 7.99. The second kappa shape index (κ2) is 16.9. The average Bonchev–Trinajstić information content (AvgIpc) is 3.46. The fourth-order valence-corrected chi connectivity index (χ4v) is 4.78. The molecule has 3 rings (SSSR count). The normalized spacial score (nSPS) is 12.2. The molecule has 0 fully saturated rings. The largest absolute Gasteiger partial charge is 0.445 e. The highest BCUT2D eigenvalue weighted by Crippen LogP contribution is 2.16. The summed E-state index contributed by atoms with van der Waals surface area (Å²) < 4.78 is 10.6. The van der Waals surface area contributed by atoms with Crippen molar-refractivity contribution in [3.05, 3.63) is 87.9 Å². The molecule has 0 bridgehead atoms. The van der Waals surface area contributed by atoms with E-state index in [1.54, 1.807) is 5.38 Å². The highest BCUT2D eigenvalue weighted by molar-refractivity contribution is 7.09. The van der Waals surface area contributed by atoms with Gasteiger partial charge in [-0.05, 0) is 29.4 Å². The van der Waals surface area contributed by atoms with Crippen LogP contribution in [0.5, 0.6) is 0 Å². The molecule has 2 atom stereocenters. The lowest BCUT2D eigenvalue weighted by Gasteiger charge is -2.21. The third-order valence-electron chi connectivity index (χ3n) is 6.33. The molecule has 0 aliphatic carbocycles. The summed E-state index contributed by atoms with van der Waals surface area (Å²) in [6, 6.07) is 17.4. The Kier molecular flexibility index (Phi) is 13.0. The standard InChI is InChI=1S/C31H39N5O6S/c1-20(2)15-25(34-31(40)42-18-23-13-9-6-10-14-23)28(37)35-36-29(38)26-19-43-27(32-26)16-24(21(3)4)33-30(39)41-17-22-11-7-5-8-12-22/h5-14,19-21,24-25H,15-18H2,1-4H3,(H,33,39)(H,34,40)(H,35,37)(H,36,38)/t24-,25-/m0/s1. The number of alkyl carbamates (subject to hydrolysis) is 2. The summed E-state index contributed by atoms with van der Waals surface area (Å²) in [7, 11) is 0. The second-order valence-corrected chi connectivity index (χ2v) is 11.7. The van der Waals surface area contributed by atoms with E-state index in [0.29, 0.717) is 17.8 Å². The van der Waals surface area contributed by atoms with Crippen LogP contribution in [0.25, 0.3) is 0 Å². The molecule has 0 saturated carbocycles. The quantitative estimate of drug-likeness (QED) is 0.205. The van der Waals surface area contributed by atoms with Gasteiger partial charge in [-0.15, -0.1) is 11.3 Å². The van der Waals surface area contributed by atoms with Gasteiger partial charge in [-0.1, -0.05) is 88.4 Å². The van der Waals surface area contributed by atoms with Gasteiger partial charge in [-0.25, -0.2) is 14.6 Å². The molecule has 0 aliphatic rings. The number of ether oxygens (including phenoxy) is 2. The van der Waals surface area contributed by atoms with Crippen LogP contribution >= 0.6 is 11.3 Å². The Labute approximate surface area is 255 Å². The van der Waals surface area contributed by atoms with Gasteiger partial charge in [0.05, 0.1) is 5.01 Å². The maximum Gasteiger partial charge on any atom is 0.408 e. The van der Waals surface area contributed by atoms with E-state index in [2.05, 4.69) is 26.5 Å². The van der Waals surface area contributed by atoms with Gasteiger partial charge in [0.25, 0.3) is 11.8 Å². The maximum absolute atomic E-state index is 12.8. The van der Waals surface area contributed by atoms with Crippen LogP contribution in [0.4, 0.5) is 9.59 Å². The van der Waals surface area contributed by atoms with Crippen LogP contribution in [0, 0.1) is 11.8 Å². The predicted octanol–water partition coefficient (Wildman–Crippen LogP) is 4.74. The number of carbonyl (C=O) groups is 4. The number of benzene rings is 2. The molecule has 0 spiro atoms. The van der Waals surface area contributed by atoms with Gasteiger partial charge in [0.1, 0.15) is 24.9 Å². The summed E-state index contributed by atoms with van der Waals surface area (Å²) in [4.78, 5) is 54.7. The first kappa shape index (κ1) is 33.1. The second-order valence-electron chi connectivity index (χ2n) is 10.7. The number of thiazole rings is 1. The van der Waals surface area contributed by atoms with Crippen LogP contribution in [-0.4, -0.2) is 41.1 Å². The molecule has 3 aromatic rings. The fourth-order valence-electron chi connectivity index (χ4n) is 3.95. The van der Waals surface area contributed by atoms with Gasteiger partial charge in [0.15, 0.2) is 0 Å². The van der Waals surface area contributed by atoms with Crippen LogP contribution in [0.15, 0.2) is 66.0 Å². The summed E-state index contributed by atoms with van der Waals surface area (Å²) in [5, 5.41) is 7.66.